The van der Waals surface area contributed by atoms with Crippen molar-refractivity contribution in [3.63, 3.8) is 0 Å². The van der Waals surface area contributed by atoms with E-state index in [9.17, 15) is 14.8 Å². The summed E-state index contributed by atoms with van der Waals surface area (Å²) in [5.74, 6) is -0.553. The third kappa shape index (κ3) is 2.61. The molecule has 3 rings (SSSR count). The fourth-order valence-electron chi connectivity index (χ4n) is 2.71. The summed E-state index contributed by atoms with van der Waals surface area (Å²) in [4.78, 5) is 26.2. The van der Waals surface area contributed by atoms with E-state index in [2.05, 4.69) is 0 Å². The highest BCUT2D eigenvalue weighted by atomic mass is 16.6. The molecule has 2 aromatic rings. The molecule has 1 N–H and O–H groups in total. The van der Waals surface area contributed by atoms with E-state index in [1.54, 1.807) is 38.1 Å². The molecule has 0 fully saturated rings. The number of hydroxylamine groups is 2. The van der Waals surface area contributed by atoms with Gasteiger partial charge in [0.05, 0.1) is 11.3 Å². The second-order valence-electron chi connectivity index (χ2n) is 6.00. The normalized spacial score (nSPS) is 15.9. The first kappa shape index (κ1) is 16.0. The van der Waals surface area contributed by atoms with Crippen LogP contribution >= 0.6 is 0 Å². The number of ether oxygens (including phenoxy) is 1. The molecule has 124 valence electrons. The second kappa shape index (κ2) is 5.98. The number of para-hydroxylation sites is 1. The van der Waals surface area contributed by atoms with Crippen LogP contribution in [0.4, 0.5) is 10.5 Å². The largest absolute Gasteiger partial charge is 0.444 e. The van der Waals surface area contributed by atoms with Gasteiger partial charge < -0.3 is 4.74 Å². The maximum atomic E-state index is 12.7. The molecule has 1 aliphatic heterocycles. The average Bonchev–Trinajstić information content (AvgIpc) is 2.59. The summed E-state index contributed by atoms with van der Waals surface area (Å²) in [5.41, 5.74) is 0.247. The summed E-state index contributed by atoms with van der Waals surface area (Å²) in [6.45, 7) is 3.25. The van der Waals surface area contributed by atoms with Gasteiger partial charge in [0.2, 0.25) is 0 Å². The predicted octanol–water partition coefficient (Wildman–Crippen LogP) is 3.41. The summed E-state index contributed by atoms with van der Waals surface area (Å²) in [6.07, 6.45) is -0.636. The van der Waals surface area contributed by atoms with Crippen molar-refractivity contribution in [2.24, 2.45) is 0 Å². The Hall–Kier alpha value is -2.86. The Morgan fingerprint density at radius 2 is 1.71 bits per heavy atom. The minimum Gasteiger partial charge on any atom is -0.444 e. The quantitative estimate of drug-likeness (QED) is 0.859. The molecule has 6 nitrogen and oxygen atoms in total. The number of carbonyl (C=O) groups is 2. The van der Waals surface area contributed by atoms with Crippen molar-refractivity contribution in [1.82, 2.24) is 5.06 Å². The molecule has 1 heterocycles. The van der Waals surface area contributed by atoms with Crippen molar-refractivity contribution in [3.8, 4) is 0 Å². The maximum Gasteiger partial charge on any atom is 0.416 e. The van der Waals surface area contributed by atoms with E-state index in [0.717, 1.165) is 5.56 Å². The number of nitrogens with zero attached hydrogens (tertiary/aromatic N) is 2. The van der Waals surface area contributed by atoms with E-state index in [0.29, 0.717) is 10.8 Å². The van der Waals surface area contributed by atoms with Gasteiger partial charge in [-0.15, -0.1) is 0 Å². The first-order chi connectivity index (χ1) is 11.4. The molecule has 0 saturated heterocycles. The van der Waals surface area contributed by atoms with Gasteiger partial charge in [-0.2, -0.15) is 5.06 Å². The van der Waals surface area contributed by atoms with Crippen LogP contribution in [0, 0.1) is 0 Å². The average molecular weight is 326 g/mol. The van der Waals surface area contributed by atoms with E-state index >= 15 is 0 Å². The predicted molar refractivity (Wildman–Crippen MR) is 87.6 cm³/mol. The molecule has 0 unspecified atom stereocenters. The van der Waals surface area contributed by atoms with Crippen LogP contribution in [0.5, 0.6) is 0 Å². The Balaban J connectivity index is 1.91. The van der Waals surface area contributed by atoms with Gasteiger partial charge in [-0.1, -0.05) is 42.5 Å². The van der Waals surface area contributed by atoms with E-state index in [1.165, 1.54) is 4.90 Å². The van der Waals surface area contributed by atoms with E-state index < -0.39 is 17.7 Å². The number of anilines is 1. The molecule has 0 radical (unpaired) electrons. The van der Waals surface area contributed by atoms with Crippen LogP contribution in [0.2, 0.25) is 0 Å². The van der Waals surface area contributed by atoms with Gasteiger partial charge in [-0.3, -0.25) is 14.9 Å². The molecule has 24 heavy (non-hydrogen) atoms. The van der Waals surface area contributed by atoms with E-state index in [-0.39, 0.29) is 12.2 Å². The van der Waals surface area contributed by atoms with Gasteiger partial charge in [0, 0.05) is 0 Å². The number of benzene rings is 2. The summed E-state index contributed by atoms with van der Waals surface area (Å²) in [5, 5.41) is 10.7. The Morgan fingerprint density at radius 3 is 2.42 bits per heavy atom. The van der Waals surface area contributed by atoms with Crippen molar-refractivity contribution in [2.45, 2.75) is 26.1 Å². The fourth-order valence-corrected chi connectivity index (χ4v) is 2.71. The first-order valence-electron chi connectivity index (χ1n) is 7.56. The molecule has 0 aliphatic carbocycles. The molecule has 0 atom stereocenters. The molecule has 0 aromatic heterocycles. The van der Waals surface area contributed by atoms with Crippen molar-refractivity contribution < 1.29 is 19.5 Å². The van der Waals surface area contributed by atoms with Crippen LogP contribution in [-0.2, 0) is 11.3 Å². The van der Waals surface area contributed by atoms with Crippen LogP contribution in [0.1, 0.15) is 29.8 Å². The number of fused-ring (bicyclic) bond motifs is 1. The Labute approximate surface area is 139 Å². The molecule has 6 heteroatoms. The minimum atomic E-state index is -1.26. The van der Waals surface area contributed by atoms with Crippen LogP contribution in [0.25, 0.3) is 0 Å². The van der Waals surface area contributed by atoms with Gasteiger partial charge in [0.25, 0.3) is 5.91 Å². The van der Waals surface area contributed by atoms with Crippen molar-refractivity contribution in [1.29, 1.82) is 0 Å². The zero-order valence-electron chi connectivity index (χ0n) is 13.5. The van der Waals surface area contributed by atoms with Crippen LogP contribution < -0.4 is 4.90 Å². The number of rotatable bonds is 2. The molecular weight excluding hydrogens is 308 g/mol. The van der Waals surface area contributed by atoms with E-state index in [4.69, 9.17) is 4.74 Å². The van der Waals surface area contributed by atoms with Gasteiger partial charge in [0.1, 0.15) is 12.3 Å². The fraction of sp³-hybridized carbons (Fsp3) is 0.222. The summed E-state index contributed by atoms with van der Waals surface area (Å²) in [7, 11) is 0. The third-order valence-corrected chi connectivity index (χ3v) is 4.02. The first-order valence-corrected chi connectivity index (χ1v) is 7.56. The van der Waals surface area contributed by atoms with Gasteiger partial charge >= 0.3 is 6.09 Å². The lowest BCUT2D eigenvalue weighted by Gasteiger charge is -2.46. The van der Waals surface area contributed by atoms with Crippen molar-refractivity contribution in [3.05, 3.63) is 65.7 Å². The lowest BCUT2D eigenvalue weighted by molar-refractivity contribution is -0.123. The van der Waals surface area contributed by atoms with Crippen LogP contribution in [0.3, 0.4) is 0 Å². The monoisotopic (exact) mass is 326 g/mol. The molecule has 2 amide bonds. The maximum absolute atomic E-state index is 12.7. The molecule has 0 saturated carbocycles. The summed E-state index contributed by atoms with van der Waals surface area (Å²) in [6, 6.07) is 15.9. The highest BCUT2D eigenvalue weighted by Gasteiger charge is 2.47. The highest BCUT2D eigenvalue weighted by molar-refractivity contribution is 6.06. The Morgan fingerprint density at radius 1 is 1.08 bits per heavy atom. The van der Waals surface area contributed by atoms with Gasteiger partial charge in [0.15, 0.2) is 0 Å². The van der Waals surface area contributed by atoms with Crippen molar-refractivity contribution in [2.75, 3.05) is 4.90 Å². The third-order valence-electron chi connectivity index (χ3n) is 4.02. The second-order valence-corrected chi connectivity index (χ2v) is 6.00. The molecular formula is C18H18N2O4. The van der Waals surface area contributed by atoms with Crippen molar-refractivity contribution >= 4 is 17.7 Å². The van der Waals surface area contributed by atoms with Crippen LogP contribution in [-0.4, -0.2) is 27.9 Å². The lowest BCUT2D eigenvalue weighted by Crippen LogP contribution is -2.63. The topological polar surface area (TPSA) is 70.1 Å². The molecule has 0 spiro atoms. The standard InChI is InChI=1S/C18H18N2O4/c1-18(2)19(17(22)24-12-13-8-4-3-5-9-13)15-11-7-6-10-14(15)16(21)20(18)23/h3-11,23H,12H2,1-2H3. The van der Waals surface area contributed by atoms with Gasteiger partial charge in [-0.25, -0.2) is 4.79 Å². The number of carbonyl (C=O) groups excluding carboxylic acids is 2. The lowest BCUT2D eigenvalue weighted by atomic mass is 10.0. The zero-order valence-corrected chi connectivity index (χ0v) is 13.5. The number of hydrogen-bond donors (Lipinski definition) is 1. The highest BCUT2D eigenvalue weighted by Crippen LogP contribution is 2.36. The van der Waals surface area contributed by atoms with Crippen LogP contribution in [0.15, 0.2) is 54.6 Å². The van der Waals surface area contributed by atoms with Gasteiger partial charge in [-0.05, 0) is 31.5 Å². The number of hydrogen-bond acceptors (Lipinski definition) is 4. The number of amides is 2. The Bertz CT molecular complexity index is 774. The summed E-state index contributed by atoms with van der Waals surface area (Å²) >= 11 is 0. The summed E-state index contributed by atoms with van der Waals surface area (Å²) < 4.78 is 5.38. The Kier molecular flexibility index (Phi) is 3.99. The molecule has 0 bridgehead atoms. The molecule has 2 aromatic carbocycles. The smallest absolute Gasteiger partial charge is 0.416 e. The minimum absolute atomic E-state index is 0.105. The zero-order chi connectivity index (χ0) is 17.3. The molecule has 1 aliphatic rings. The SMILES string of the molecule is CC1(C)N(O)C(=O)c2ccccc2N1C(=O)OCc1ccccc1. The van der Waals surface area contributed by atoms with E-state index in [1.807, 2.05) is 30.3 Å².